The fourth-order valence-electron chi connectivity index (χ4n) is 7.61. The molecule has 0 aromatic heterocycles. The van der Waals surface area contributed by atoms with Gasteiger partial charge in [0.1, 0.15) is 36.6 Å². The number of ether oxygens (including phenoxy) is 7. The highest BCUT2D eigenvalue weighted by Gasteiger charge is 2.53. The molecule has 282 valence electrons. The van der Waals surface area contributed by atoms with Gasteiger partial charge in [-0.05, 0) is 50.2 Å². The number of carbonyl (C=O) groups is 2. The van der Waals surface area contributed by atoms with Crippen molar-refractivity contribution in [1.29, 1.82) is 0 Å². The maximum Gasteiger partial charge on any atom is 0.338 e. The maximum absolute atomic E-state index is 13.5. The Labute approximate surface area is 292 Å². The van der Waals surface area contributed by atoms with Crippen molar-refractivity contribution >= 4 is 11.9 Å². The zero-order valence-corrected chi connectivity index (χ0v) is 29.0. The van der Waals surface area contributed by atoms with Crippen LogP contribution in [0.2, 0.25) is 0 Å². The van der Waals surface area contributed by atoms with E-state index < -0.39 is 98.3 Å². The first-order chi connectivity index (χ1) is 24.0. The highest BCUT2D eigenvalue weighted by atomic mass is 16.7. The Hall–Kier alpha value is -2.24. The molecule has 2 heterocycles. The van der Waals surface area contributed by atoms with E-state index in [9.17, 15) is 35.1 Å². The third-order valence-corrected chi connectivity index (χ3v) is 10.6. The van der Waals surface area contributed by atoms with Crippen LogP contribution < -0.4 is 0 Å². The third-order valence-electron chi connectivity index (χ3n) is 10.6. The van der Waals surface area contributed by atoms with E-state index in [2.05, 4.69) is 0 Å². The van der Waals surface area contributed by atoms with Gasteiger partial charge in [-0.3, -0.25) is 0 Å². The van der Waals surface area contributed by atoms with Crippen molar-refractivity contribution in [1.82, 2.24) is 0 Å². The minimum absolute atomic E-state index is 0.122. The molecule has 0 radical (unpaired) electrons. The predicted molar refractivity (Wildman–Crippen MR) is 174 cm³/mol. The van der Waals surface area contributed by atoms with Gasteiger partial charge in [-0.25, -0.2) is 9.59 Å². The van der Waals surface area contributed by atoms with Crippen LogP contribution in [0.15, 0.2) is 30.3 Å². The monoisotopic (exact) mass is 710 g/mol. The van der Waals surface area contributed by atoms with Crippen LogP contribution in [0, 0.1) is 11.8 Å². The SMILES string of the molecule is COC(=O)[C@H](CC1CCCCC1)OC1C(O)C(CO)OC(OC2CCCC(C)C2OC2OC(C)C(O)C(O)C2O)C1OC(=O)c1ccccc1. The number of esters is 2. The van der Waals surface area contributed by atoms with Crippen molar-refractivity contribution in [3.05, 3.63) is 35.9 Å². The van der Waals surface area contributed by atoms with E-state index in [0.717, 1.165) is 44.9 Å². The Morgan fingerprint density at radius 3 is 2.20 bits per heavy atom. The average Bonchev–Trinajstić information content (AvgIpc) is 3.13. The zero-order valence-electron chi connectivity index (χ0n) is 29.0. The fraction of sp³-hybridized carbons (Fsp3) is 0.778. The Morgan fingerprint density at radius 1 is 0.800 bits per heavy atom. The summed E-state index contributed by atoms with van der Waals surface area (Å²) in [5.74, 6) is -1.31. The molecule has 1 aromatic rings. The first-order valence-corrected chi connectivity index (χ1v) is 18.0. The number of hydrogen-bond acceptors (Lipinski definition) is 14. The van der Waals surface area contributed by atoms with E-state index in [4.69, 9.17) is 33.2 Å². The van der Waals surface area contributed by atoms with Crippen molar-refractivity contribution in [2.75, 3.05) is 13.7 Å². The molecule has 4 fully saturated rings. The summed E-state index contributed by atoms with van der Waals surface area (Å²) in [5, 5.41) is 53.1. The summed E-state index contributed by atoms with van der Waals surface area (Å²) in [7, 11) is 1.26. The van der Waals surface area contributed by atoms with Gasteiger partial charge in [0.05, 0.1) is 37.6 Å². The number of hydrogen-bond donors (Lipinski definition) is 5. The first kappa shape index (κ1) is 39.0. The lowest BCUT2D eigenvalue weighted by Crippen LogP contribution is -2.64. The van der Waals surface area contributed by atoms with E-state index in [0.29, 0.717) is 12.8 Å². The largest absolute Gasteiger partial charge is 0.467 e. The molecule has 4 aliphatic rings. The van der Waals surface area contributed by atoms with Crippen LogP contribution >= 0.6 is 0 Å². The Bertz CT molecular complexity index is 1210. The Morgan fingerprint density at radius 2 is 1.52 bits per heavy atom. The lowest BCUT2D eigenvalue weighted by molar-refractivity contribution is -0.348. The van der Waals surface area contributed by atoms with E-state index in [1.165, 1.54) is 7.11 Å². The molecular weight excluding hydrogens is 656 g/mol. The zero-order chi connectivity index (χ0) is 35.9. The molecule has 0 spiro atoms. The lowest BCUT2D eigenvalue weighted by Gasteiger charge is -2.47. The van der Waals surface area contributed by atoms with Gasteiger partial charge in [-0.15, -0.1) is 0 Å². The summed E-state index contributed by atoms with van der Waals surface area (Å²) >= 11 is 0. The van der Waals surface area contributed by atoms with E-state index >= 15 is 0 Å². The van der Waals surface area contributed by atoms with Gasteiger partial charge in [0, 0.05) is 0 Å². The van der Waals surface area contributed by atoms with Gasteiger partial charge < -0.3 is 58.7 Å². The topological polar surface area (TPSA) is 200 Å². The van der Waals surface area contributed by atoms with Crippen LogP contribution in [0.25, 0.3) is 0 Å². The third kappa shape index (κ3) is 9.21. The molecule has 2 saturated heterocycles. The van der Waals surface area contributed by atoms with Gasteiger partial charge in [0.25, 0.3) is 0 Å². The molecule has 5 rings (SSSR count). The van der Waals surface area contributed by atoms with Crippen LogP contribution in [-0.4, -0.2) is 131 Å². The number of methoxy groups -OCH3 is 1. The maximum atomic E-state index is 13.5. The highest BCUT2D eigenvalue weighted by molar-refractivity contribution is 5.89. The molecule has 14 nitrogen and oxygen atoms in total. The van der Waals surface area contributed by atoms with E-state index in [1.54, 1.807) is 37.3 Å². The summed E-state index contributed by atoms with van der Waals surface area (Å²) in [6.07, 6.45) is -8.61. The van der Waals surface area contributed by atoms with Gasteiger partial charge >= 0.3 is 11.9 Å². The highest BCUT2D eigenvalue weighted by Crippen LogP contribution is 2.37. The van der Waals surface area contributed by atoms with Gasteiger partial charge in [0.2, 0.25) is 0 Å². The second kappa shape index (κ2) is 18.0. The number of aliphatic hydroxyl groups is 5. The Balaban J connectivity index is 1.43. The van der Waals surface area contributed by atoms with Crippen molar-refractivity contribution < 1.29 is 68.3 Å². The van der Waals surface area contributed by atoms with Gasteiger partial charge in [-0.2, -0.15) is 0 Å². The molecule has 50 heavy (non-hydrogen) atoms. The normalized spacial score (nSPS) is 39.0. The van der Waals surface area contributed by atoms with Crippen molar-refractivity contribution in [3.8, 4) is 0 Å². The minimum Gasteiger partial charge on any atom is -0.467 e. The van der Waals surface area contributed by atoms with Crippen LogP contribution in [0.1, 0.15) is 82.0 Å². The standard InChI is InChI=1S/C36H54O14/c1-19-11-10-16-23(30(19)50-35-29(41)28(40)26(38)20(2)45-35)47-36-32(49-33(42)22-14-8-5-9-15-22)31(27(39)25(18-37)48-36)46-24(34(43)44-3)17-21-12-6-4-7-13-21/h5,8-9,14-15,19-21,23-32,35-41H,4,6-7,10-13,16-18H2,1-3H3/t19?,20?,23?,24-,25?,26?,27?,28?,29?,30?,31?,32?,35?,36?/m0/s1. The number of rotatable bonds is 12. The molecule has 1 aromatic carbocycles. The van der Waals surface area contributed by atoms with Crippen molar-refractivity contribution in [3.63, 3.8) is 0 Å². The summed E-state index contributed by atoms with van der Waals surface area (Å²) < 4.78 is 42.1. The molecule has 0 amide bonds. The van der Waals surface area contributed by atoms with Crippen LogP contribution in [0.5, 0.6) is 0 Å². The molecule has 14 heteroatoms. The van der Waals surface area contributed by atoms with Crippen molar-refractivity contribution in [2.45, 2.75) is 151 Å². The summed E-state index contributed by atoms with van der Waals surface area (Å²) in [5.41, 5.74) is 0.223. The minimum atomic E-state index is -1.53. The quantitative estimate of drug-likeness (QED) is 0.196. The Kier molecular flexibility index (Phi) is 14.0. The van der Waals surface area contributed by atoms with E-state index in [-0.39, 0.29) is 17.4 Å². The van der Waals surface area contributed by atoms with Gasteiger partial charge in [-0.1, -0.05) is 63.6 Å². The lowest BCUT2D eigenvalue weighted by atomic mass is 9.85. The summed E-state index contributed by atoms with van der Waals surface area (Å²) in [6, 6.07) is 8.24. The second-order valence-corrected chi connectivity index (χ2v) is 14.2. The van der Waals surface area contributed by atoms with Crippen LogP contribution in [-0.2, 0) is 38.0 Å². The molecule has 2 saturated carbocycles. The fourth-order valence-corrected chi connectivity index (χ4v) is 7.61. The molecule has 13 unspecified atom stereocenters. The molecule has 14 atom stereocenters. The molecular formula is C36H54O14. The molecule has 2 aliphatic carbocycles. The van der Waals surface area contributed by atoms with Crippen LogP contribution in [0.4, 0.5) is 0 Å². The van der Waals surface area contributed by atoms with Crippen molar-refractivity contribution in [2.24, 2.45) is 11.8 Å². The van der Waals surface area contributed by atoms with E-state index in [1.807, 2.05) is 6.92 Å². The smallest absolute Gasteiger partial charge is 0.338 e. The van der Waals surface area contributed by atoms with Gasteiger partial charge in [0.15, 0.2) is 24.8 Å². The number of aliphatic hydroxyl groups excluding tert-OH is 5. The number of carbonyl (C=O) groups excluding carboxylic acids is 2. The summed E-state index contributed by atoms with van der Waals surface area (Å²) in [4.78, 5) is 26.6. The molecule has 0 bridgehead atoms. The summed E-state index contributed by atoms with van der Waals surface area (Å²) in [6.45, 7) is 2.87. The second-order valence-electron chi connectivity index (χ2n) is 14.2. The average molecular weight is 711 g/mol. The first-order valence-electron chi connectivity index (χ1n) is 18.0. The van der Waals surface area contributed by atoms with Crippen LogP contribution in [0.3, 0.4) is 0 Å². The number of benzene rings is 1. The molecule has 2 aliphatic heterocycles. The predicted octanol–water partition coefficient (Wildman–Crippen LogP) is 1.61. The molecule has 5 N–H and O–H groups in total.